The molecule has 1 heterocycles. The second-order valence-electron chi connectivity index (χ2n) is 8.20. The van der Waals surface area contributed by atoms with Crippen LogP contribution in [0.25, 0.3) is 0 Å². The third-order valence-electron chi connectivity index (χ3n) is 6.05. The molecule has 2 aromatic rings. The number of piperazine rings is 1. The molecule has 8 nitrogen and oxygen atoms in total. The molecule has 33 heavy (non-hydrogen) atoms. The fourth-order valence-corrected chi connectivity index (χ4v) is 4.12. The van der Waals surface area contributed by atoms with Crippen LogP contribution in [-0.2, 0) is 9.53 Å². The molecule has 0 bridgehead atoms. The van der Waals surface area contributed by atoms with E-state index < -0.39 is 0 Å². The Labute approximate surface area is 195 Å². The van der Waals surface area contributed by atoms with Crippen LogP contribution in [0, 0.1) is 0 Å². The Morgan fingerprint density at radius 1 is 1.06 bits per heavy atom. The molecule has 2 aromatic carbocycles. The molecule has 178 valence electrons. The van der Waals surface area contributed by atoms with Crippen molar-refractivity contribution in [1.29, 1.82) is 0 Å². The first-order valence-corrected chi connectivity index (χ1v) is 11.0. The SMILES string of the molecule is COC(=O)c1ccc(N2CCN(CC(=O)NC(C)c3cc(OC)ccc3OC)C(C)C2)cc1. The number of hydrogen-bond acceptors (Lipinski definition) is 7. The van der Waals surface area contributed by atoms with Crippen molar-refractivity contribution in [3.8, 4) is 11.5 Å². The van der Waals surface area contributed by atoms with Crippen molar-refractivity contribution in [3.05, 3.63) is 53.6 Å². The zero-order chi connectivity index (χ0) is 24.0. The highest BCUT2D eigenvalue weighted by molar-refractivity contribution is 5.89. The Bertz CT molecular complexity index is 963. The molecule has 1 amide bonds. The van der Waals surface area contributed by atoms with Gasteiger partial charge in [0.1, 0.15) is 11.5 Å². The maximum absolute atomic E-state index is 12.8. The average Bonchev–Trinajstić information content (AvgIpc) is 2.84. The van der Waals surface area contributed by atoms with Gasteiger partial charge in [-0.2, -0.15) is 0 Å². The standard InChI is InChI=1S/C25H33N3O5/c1-17-15-28(20-8-6-19(7-9-20)25(30)33-5)13-12-27(17)16-24(29)26-18(2)22-14-21(31-3)10-11-23(22)32-4/h6-11,14,17-18H,12-13,15-16H2,1-5H3,(H,26,29). The zero-order valence-electron chi connectivity index (χ0n) is 20.0. The van der Waals surface area contributed by atoms with Crippen LogP contribution >= 0.6 is 0 Å². The van der Waals surface area contributed by atoms with Gasteiger partial charge in [-0.1, -0.05) is 0 Å². The lowest BCUT2D eigenvalue weighted by Crippen LogP contribution is -2.54. The first-order chi connectivity index (χ1) is 15.9. The highest BCUT2D eigenvalue weighted by atomic mass is 16.5. The minimum absolute atomic E-state index is 0.0323. The predicted molar refractivity (Wildman–Crippen MR) is 127 cm³/mol. The minimum Gasteiger partial charge on any atom is -0.497 e. The summed E-state index contributed by atoms with van der Waals surface area (Å²) in [6.45, 7) is 6.75. The molecule has 8 heteroatoms. The van der Waals surface area contributed by atoms with Crippen LogP contribution in [0.2, 0.25) is 0 Å². The average molecular weight is 456 g/mol. The fraction of sp³-hybridized carbons (Fsp3) is 0.440. The Balaban J connectivity index is 1.56. The summed E-state index contributed by atoms with van der Waals surface area (Å²) < 4.78 is 15.5. The lowest BCUT2D eigenvalue weighted by Gasteiger charge is -2.40. The fourth-order valence-electron chi connectivity index (χ4n) is 4.12. The summed E-state index contributed by atoms with van der Waals surface area (Å²) in [5.74, 6) is 1.06. The Morgan fingerprint density at radius 3 is 2.39 bits per heavy atom. The van der Waals surface area contributed by atoms with E-state index in [0.29, 0.717) is 17.9 Å². The molecular formula is C25H33N3O5. The summed E-state index contributed by atoms with van der Waals surface area (Å²) in [4.78, 5) is 28.9. The van der Waals surface area contributed by atoms with Crippen LogP contribution < -0.4 is 19.7 Å². The van der Waals surface area contributed by atoms with E-state index in [1.165, 1.54) is 7.11 Å². The summed E-state index contributed by atoms with van der Waals surface area (Å²) in [7, 11) is 4.61. The maximum Gasteiger partial charge on any atom is 0.337 e. The normalized spacial score (nSPS) is 17.2. The smallest absolute Gasteiger partial charge is 0.337 e. The van der Waals surface area contributed by atoms with Gasteiger partial charge < -0.3 is 24.4 Å². The van der Waals surface area contributed by atoms with E-state index in [1.807, 2.05) is 37.3 Å². The van der Waals surface area contributed by atoms with E-state index in [1.54, 1.807) is 26.4 Å². The van der Waals surface area contributed by atoms with E-state index in [4.69, 9.17) is 14.2 Å². The number of benzene rings is 2. The number of amides is 1. The van der Waals surface area contributed by atoms with E-state index in [-0.39, 0.29) is 24.0 Å². The Hall–Kier alpha value is -3.26. The van der Waals surface area contributed by atoms with Gasteiger partial charge in [0.2, 0.25) is 5.91 Å². The molecule has 1 aliphatic rings. The molecule has 1 aliphatic heterocycles. The van der Waals surface area contributed by atoms with Gasteiger partial charge in [-0.05, 0) is 56.3 Å². The Morgan fingerprint density at radius 2 is 1.79 bits per heavy atom. The predicted octanol–water partition coefficient (Wildman–Crippen LogP) is 2.88. The number of anilines is 1. The van der Waals surface area contributed by atoms with E-state index in [9.17, 15) is 9.59 Å². The molecule has 2 atom stereocenters. The van der Waals surface area contributed by atoms with Crippen LogP contribution in [0.15, 0.2) is 42.5 Å². The van der Waals surface area contributed by atoms with Crippen molar-refractivity contribution in [3.63, 3.8) is 0 Å². The number of nitrogens with one attached hydrogen (secondary N) is 1. The molecule has 1 saturated heterocycles. The summed E-state index contributed by atoms with van der Waals surface area (Å²) in [5.41, 5.74) is 2.46. The van der Waals surface area contributed by atoms with Crippen molar-refractivity contribution in [2.75, 3.05) is 52.4 Å². The summed E-state index contributed by atoms with van der Waals surface area (Å²) in [5, 5.41) is 3.08. The first-order valence-electron chi connectivity index (χ1n) is 11.0. The molecule has 0 saturated carbocycles. The number of rotatable bonds is 8. The summed E-state index contributed by atoms with van der Waals surface area (Å²) in [6, 6.07) is 13.0. The van der Waals surface area contributed by atoms with Crippen molar-refractivity contribution < 1.29 is 23.8 Å². The molecule has 1 N–H and O–H groups in total. The second kappa shape index (κ2) is 11.0. The van der Waals surface area contributed by atoms with E-state index >= 15 is 0 Å². The van der Waals surface area contributed by atoms with Gasteiger partial charge >= 0.3 is 5.97 Å². The van der Waals surface area contributed by atoms with Gasteiger partial charge in [0.05, 0.1) is 39.5 Å². The maximum atomic E-state index is 12.8. The van der Waals surface area contributed by atoms with Crippen molar-refractivity contribution in [2.45, 2.75) is 25.9 Å². The molecule has 1 fully saturated rings. The molecule has 0 spiro atoms. The van der Waals surface area contributed by atoms with E-state index in [0.717, 1.165) is 36.6 Å². The number of methoxy groups -OCH3 is 3. The first kappa shape index (κ1) is 24.4. The van der Waals surface area contributed by atoms with Crippen LogP contribution in [0.5, 0.6) is 11.5 Å². The zero-order valence-corrected chi connectivity index (χ0v) is 20.0. The van der Waals surface area contributed by atoms with Crippen LogP contribution in [0.3, 0.4) is 0 Å². The second-order valence-corrected chi connectivity index (χ2v) is 8.20. The number of carbonyl (C=O) groups excluding carboxylic acids is 2. The number of hydrogen-bond donors (Lipinski definition) is 1. The Kier molecular flexibility index (Phi) is 8.16. The summed E-state index contributed by atoms with van der Waals surface area (Å²) >= 11 is 0. The van der Waals surface area contributed by atoms with Crippen molar-refractivity contribution >= 4 is 17.6 Å². The molecule has 2 unspecified atom stereocenters. The third-order valence-corrected chi connectivity index (χ3v) is 6.05. The molecule has 0 aliphatic carbocycles. The number of esters is 1. The minimum atomic E-state index is -0.341. The lowest BCUT2D eigenvalue weighted by atomic mass is 10.1. The molecule has 3 rings (SSSR count). The van der Waals surface area contributed by atoms with Gasteiger partial charge in [-0.15, -0.1) is 0 Å². The number of carbonyl (C=O) groups is 2. The van der Waals surface area contributed by atoms with Gasteiger partial charge in [-0.25, -0.2) is 4.79 Å². The quantitative estimate of drug-likeness (QED) is 0.613. The van der Waals surface area contributed by atoms with Crippen LogP contribution in [0.1, 0.15) is 35.8 Å². The van der Waals surface area contributed by atoms with Crippen molar-refractivity contribution in [2.24, 2.45) is 0 Å². The lowest BCUT2D eigenvalue weighted by molar-refractivity contribution is -0.123. The van der Waals surface area contributed by atoms with E-state index in [2.05, 4.69) is 22.0 Å². The highest BCUT2D eigenvalue weighted by Crippen LogP contribution is 2.29. The van der Waals surface area contributed by atoms with Gasteiger partial charge in [0.15, 0.2) is 0 Å². The largest absolute Gasteiger partial charge is 0.497 e. The number of nitrogens with zero attached hydrogens (tertiary/aromatic N) is 2. The van der Waals surface area contributed by atoms with Gasteiger partial charge in [-0.3, -0.25) is 9.69 Å². The third kappa shape index (κ3) is 5.96. The van der Waals surface area contributed by atoms with Gasteiger partial charge in [0, 0.05) is 36.9 Å². The molecule has 0 aromatic heterocycles. The molecular weight excluding hydrogens is 422 g/mol. The highest BCUT2D eigenvalue weighted by Gasteiger charge is 2.26. The number of ether oxygens (including phenoxy) is 3. The van der Waals surface area contributed by atoms with Crippen LogP contribution in [0.4, 0.5) is 5.69 Å². The van der Waals surface area contributed by atoms with Crippen LogP contribution in [-0.4, -0.2) is 70.3 Å². The topological polar surface area (TPSA) is 80.3 Å². The summed E-state index contributed by atoms with van der Waals surface area (Å²) in [6.07, 6.45) is 0. The monoisotopic (exact) mass is 455 g/mol. The van der Waals surface area contributed by atoms with Gasteiger partial charge in [0.25, 0.3) is 0 Å². The van der Waals surface area contributed by atoms with Crippen molar-refractivity contribution in [1.82, 2.24) is 10.2 Å². The molecule has 0 radical (unpaired) electrons.